The Kier molecular flexibility index (Phi) is 6.99. The predicted octanol–water partition coefficient (Wildman–Crippen LogP) is 6.82. The first-order chi connectivity index (χ1) is 18.0. The second-order valence-electron chi connectivity index (χ2n) is 9.28. The van der Waals surface area contributed by atoms with Gasteiger partial charge >= 0.3 is 0 Å². The molecule has 190 valence electrons. The number of carbonyl (C=O) groups is 1. The molecule has 37 heavy (non-hydrogen) atoms. The summed E-state index contributed by atoms with van der Waals surface area (Å²) >= 11 is 0. The zero-order valence-corrected chi connectivity index (χ0v) is 21.5. The molecule has 1 unspecified atom stereocenters. The van der Waals surface area contributed by atoms with Crippen LogP contribution >= 0.6 is 0 Å². The summed E-state index contributed by atoms with van der Waals surface area (Å²) in [4.78, 5) is 29.3. The third-order valence-electron chi connectivity index (χ3n) is 6.65. The van der Waals surface area contributed by atoms with Gasteiger partial charge in [-0.25, -0.2) is 0 Å². The molecule has 0 saturated heterocycles. The standard InChI is InChI=1S/C31H31NO5/c1-4-6-10-17-36-25-16-14-21(19-26(25)35-5-2)28-27-29(33)23-18-20(3)13-15-24(23)37-30(27)31(34)32(28)22-11-8-7-9-12-22/h7-9,11-16,18-19,28H,4-6,10,17H2,1-3H3. The molecule has 1 atom stereocenters. The molecule has 1 aromatic heterocycles. The first-order valence-corrected chi connectivity index (χ1v) is 12.9. The monoisotopic (exact) mass is 497 g/mol. The number of aryl methyl sites for hydroxylation is 1. The lowest BCUT2D eigenvalue weighted by molar-refractivity contribution is 0.0971. The van der Waals surface area contributed by atoms with E-state index in [1.54, 1.807) is 11.0 Å². The molecule has 5 rings (SSSR count). The highest BCUT2D eigenvalue weighted by atomic mass is 16.5. The number of benzene rings is 3. The molecule has 0 aliphatic carbocycles. The number of carbonyl (C=O) groups excluding carboxylic acids is 1. The number of unbranched alkanes of at least 4 members (excludes halogenated alkanes) is 2. The zero-order chi connectivity index (χ0) is 25.9. The highest BCUT2D eigenvalue weighted by Gasteiger charge is 2.43. The van der Waals surface area contributed by atoms with Gasteiger partial charge in [-0.2, -0.15) is 0 Å². The van der Waals surface area contributed by atoms with Gasteiger partial charge < -0.3 is 13.9 Å². The minimum atomic E-state index is -0.667. The van der Waals surface area contributed by atoms with Crippen LogP contribution in [0.25, 0.3) is 11.0 Å². The van der Waals surface area contributed by atoms with E-state index in [4.69, 9.17) is 13.9 Å². The maximum absolute atomic E-state index is 13.9. The van der Waals surface area contributed by atoms with Crippen molar-refractivity contribution in [2.75, 3.05) is 18.1 Å². The van der Waals surface area contributed by atoms with Crippen LogP contribution in [0.3, 0.4) is 0 Å². The van der Waals surface area contributed by atoms with Gasteiger partial charge in [0.05, 0.1) is 30.2 Å². The van der Waals surface area contributed by atoms with Crippen molar-refractivity contribution in [3.05, 3.63) is 99.4 Å². The molecular formula is C31H31NO5. The fourth-order valence-corrected chi connectivity index (χ4v) is 4.87. The maximum Gasteiger partial charge on any atom is 0.295 e. The third-order valence-corrected chi connectivity index (χ3v) is 6.65. The van der Waals surface area contributed by atoms with Crippen LogP contribution in [0.4, 0.5) is 5.69 Å². The molecular weight excluding hydrogens is 466 g/mol. The van der Waals surface area contributed by atoms with Gasteiger partial charge in [0.15, 0.2) is 16.9 Å². The van der Waals surface area contributed by atoms with Crippen LogP contribution in [-0.4, -0.2) is 19.1 Å². The highest BCUT2D eigenvalue weighted by Crippen LogP contribution is 2.43. The number of amides is 1. The quantitative estimate of drug-likeness (QED) is 0.237. The fourth-order valence-electron chi connectivity index (χ4n) is 4.87. The van der Waals surface area contributed by atoms with E-state index in [0.29, 0.717) is 46.9 Å². The number of rotatable bonds is 9. The summed E-state index contributed by atoms with van der Waals surface area (Å²) < 4.78 is 18.0. The normalized spacial score (nSPS) is 14.7. The first-order valence-electron chi connectivity index (χ1n) is 12.9. The van der Waals surface area contributed by atoms with Crippen molar-refractivity contribution in [2.45, 2.75) is 46.1 Å². The maximum atomic E-state index is 13.9. The molecule has 1 aliphatic rings. The van der Waals surface area contributed by atoms with Crippen LogP contribution in [0.1, 0.15) is 66.4 Å². The molecule has 0 saturated carbocycles. The molecule has 0 bridgehead atoms. The number of para-hydroxylation sites is 1. The van der Waals surface area contributed by atoms with E-state index in [1.165, 1.54) is 0 Å². The van der Waals surface area contributed by atoms with Crippen LogP contribution < -0.4 is 19.8 Å². The van der Waals surface area contributed by atoms with Crippen LogP contribution in [0, 0.1) is 6.92 Å². The Bertz CT molecular complexity index is 1490. The Morgan fingerprint density at radius 1 is 0.892 bits per heavy atom. The van der Waals surface area contributed by atoms with Gasteiger partial charge in [0, 0.05) is 5.69 Å². The Hall–Kier alpha value is -4.06. The zero-order valence-electron chi connectivity index (χ0n) is 21.5. The van der Waals surface area contributed by atoms with Gasteiger partial charge in [0.2, 0.25) is 5.76 Å². The van der Waals surface area contributed by atoms with Crippen LogP contribution in [0.2, 0.25) is 0 Å². The Balaban J connectivity index is 1.67. The van der Waals surface area contributed by atoms with Crippen molar-refractivity contribution in [3.8, 4) is 11.5 Å². The summed E-state index contributed by atoms with van der Waals surface area (Å²) in [7, 11) is 0. The molecule has 6 nitrogen and oxygen atoms in total. The number of ether oxygens (including phenoxy) is 2. The molecule has 2 heterocycles. The third kappa shape index (κ3) is 4.59. The average Bonchev–Trinajstić information content (AvgIpc) is 3.21. The lowest BCUT2D eigenvalue weighted by Crippen LogP contribution is -2.29. The summed E-state index contributed by atoms with van der Waals surface area (Å²) in [5.41, 5.74) is 2.92. The summed E-state index contributed by atoms with van der Waals surface area (Å²) in [5.74, 6) is 0.974. The van der Waals surface area contributed by atoms with Crippen molar-refractivity contribution in [2.24, 2.45) is 0 Å². The van der Waals surface area contributed by atoms with E-state index in [9.17, 15) is 9.59 Å². The van der Waals surface area contributed by atoms with Gasteiger partial charge in [-0.1, -0.05) is 55.7 Å². The topological polar surface area (TPSA) is 69.0 Å². The Labute approximate surface area is 216 Å². The minimum Gasteiger partial charge on any atom is -0.490 e. The van der Waals surface area contributed by atoms with E-state index in [2.05, 4.69) is 6.92 Å². The summed E-state index contributed by atoms with van der Waals surface area (Å²) in [6, 6.07) is 19.8. The minimum absolute atomic E-state index is 0.0769. The molecule has 1 aliphatic heterocycles. The van der Waals surface area contributed by atoms with Crippen LogP contribution in [0.15, 0.2) is 75.9 Å². The SMILES string of the molecule is CCCCCOc1ccc(C2c3c(oc4ccc(C)cc4c3=O)C(=O)N2c2ccccc2)cc1OCC. The van der Waals surface area contributed by atoms with Gasteiger partial charge in [-0.3, -0.25) is 14.5 Å². The van der Waals surface area contributed by atoms with Gasteiger partial charge in [0.25, 0.3) is 5.91 Å². The summed E-state index contributed by atoms with van der Waals surface area (Å²) in [5, 5.41) is 0.465. The molecule has 3 aromatic carbocycles. The molecule has 1 amide bonds. The highest BCUT2D eigenvalue weighted by molar-refractivity contribution is 6.10. The Morgan fingerprint density at radius 2 is 1.70 bits per heavy atom. The number of fused-ring (bicyclic) bond motifs is 2. The van der Waals surface area contributed by atoms with Gasteiger partial charge in [-0.05, 0) is 62.2 Å². The fraction of sp³-hybridized carbons (Fsp3) is 0.290. The summed E-state index contributed by atoms with van der Waals surface area (Å²) in [6.45, 7) is 7.06. The van der Waals surface area contributed by atoms with Crippen molar-refractivity contribution in [3.63, 3.8) is 0 Å². The second kappa shape index (κ2) is 10.5. The van der Waals surface area contributed by atoms with Gasteiger partial charge in [-0.15, -0.1) is 0 Å². The summed E-state index contributed by atoms with van der Waals surface area (Å²) in [6.07, 6.45) is 3.17. The smallest absolute Gasteiger partial charge is 0.295 e. The van der Waals surface area contributed by atoms with E-state index >= 15 is 0 Å². The van der Waals surface area contributed by atoms with Crippen molar-refractivity contribution >= 4 is 22.6 Å². The van der Waals surface area contributed by atoms with Crippen molar-refractivity contribution in [1.82, 2.24) is 0 Å². The number of hydrogen-bond acceptors (Lipinski definition) is 5. The largest absolute Gasteiger partial charge is 0.490 e. The second-order valence-corrected chi connectivity index (χ2v) is 9.28. The average molecular weight is 498 g/mol. The predicted molar refractivity (Wildman–Crippen MR) is 145 cm³/mol. The number of hydrogen-bond donors (Lipinski definition) is 0. The van der Waals surface area contributed by atoms with Crippen molar-refractivity contribution < 1.29 is 18.7 Å². The van der Waals surface area contributed by atoms with E-state index in [-0.39, 0.29) is 17.1 Å². The molecule has 0 radical (unpaired) electrons. The van der Waals surface area contributed by atoms with E-state index < -0.39 is 6.04 Å². The lowest BCUT2D eigenvalue weighted by atomic mass is 9.97. The molecule has 0 fully saturated rings. The molecule has 0 spiro atoms. The number of nitrogens with zero attached hydrogens (tertiary/aromatic N) is 1. The number of anilines is 1. The van der Waals surface area contributed by atoms with E-state index in [1.807, 2.05) is 74.5 Å². The van der Waals surface area contributed by atoms with Crippen LogP contribution in [0.5, 0.6) is 11.5 Å². The van der Waals surface area contributed by atoms with Crippen LogP contribution in [-0.2, 0) is 0 Å². The van der Waals surface area contributed by atoms with Gasteiger partial charge in [0.1, 0.15) is 5.58 Å². The van der Waals surface area contributed by atoms with Crippen molar-refractivity contribution in [1.29, 1.82) is 0 Å². The molecule has 0 N–H and O–H groups in total. The lowest BCUT2D eigenvalue weighted by Gasteiger charge is -2.26. The first kappa shape index (κ1) is 24.6. The molecule has 4 aromatic rings. The molecule has 6 heteroatoms. The Morgan fingerprint density at radius 3 is 2.46 bits per heavy atom. The van der Waals surface area contributed by atoms with E-state index in [0.717, 1.165) is 30.4 Å².